The molecule has 3 rings (SSSR count). The van der Waals surface area contributed by atoms with Crippen molar-refractivity contribution in [1.82, 2.24) is 5.32 Å². The molecule has 3 heteroatoms. The molecule has 1 saturated carbocycles. The second kappa shape index (κ2) is 3.42. The van der Waals surface area contributed by atoms with Crippen molar-refractivity contribution in [1.29, 1.82) is 0 Å². The lowest BCUT2D eigenvalue weighted by atomic mass is 9.98. The maximum atomic E-state index is 9.76. The molecule has 3 N–H and O–H groups in total. The number of rotatable bonds is 2. The van der Waals surface area contributed by atoms with Gasteiger partial charge in [0.05, 0.1) is 0 Å². The van der Waals surface area contributed by atoms with Crippen LogP contribution in [0.25, 0.3) is 0 Å². The predicted octanol–water partition coefficient (Wildman–Crippen LogP) is 1.48. The second-order valence-corrected chi connectivity index (χ2v) is 4.53. The van der Waals surface area contributed by atoms with E-state index in [1.54, 1.807) is 6.07 Å². The van der Waals surface area contributed by atoms with Crippen molar-refractivity contribution in [2.45, 2.75) is 31.3 Å². The zero-order valence-electron chi connectivity index (χ0n) is 8.66. The van der Waals surface area contributed by atoms with E-state index in [2.05, 4.69) is 10.6 Å². The van der Waals surface area contributed by atoms with Gasteiger partial charge in [-0.15, -0.1) is 0 Å². The zero-order valence-corrected chi connectivity index (χ0v) is 8.66. The smallest absolute Gasteiger partial charge is 0.120 e. The maximum absolute atomic E-state index is 9.76. The van der Waals surface area contributed by atoms with Gasteiger partial charge in [-0.1, -0.05) is 6.07 Å². The molecular formula is C12H16N2O. The first kappa shape index (κ1) is 9.04. The molecule has 1 aromatic carbocycles. The summed E-state index contributed by atoms with van der Waals surface area (Å²) < 4.78 is 0. The molecule has 3 nitrogen and oxygen atoms in total. The van der Waals surface area contributed by atoms with Crippen LogP contribution in [0.2, 0.25) is 0 Å². The number of anilines is 1. The summed E-state index contributed by atoms with van der Waals surface area (Å²) in [6.07, 6.45) is 3.56. The molecule has 0 amide bonds. The Morgan fingerprint density at radius 1 is 1.27 bits per heavy atom. The lowest BCUT2D eigenvalue weighted by Gasteiger charge is -2.27. The number of fused-ring (bicyclic) bond motifs is 1. The molecule has 1 aliphatic heterocycles. The fourth-order valence-corrected chi connectivity index (χ4v) is 2.21. The molecule has 1 unspecified atom stereocenters. The summed E-state index contributed by atoms with van der Waals surface area (Å²) >= 11 is 0. The number of aromatic hydroxyl groups is 1. The van der Waals surface area contributed by atoms with Gasteiger partial charge in [-0.3, -0.25) is 0 Å². The average Bonchev–Trinajstić information content (AvgIpc) is 3.03. The molecule has 0 saturated heterocycles. The summed E-state index contributed by atoms with van der Waals surface area (Å²) in [6.45, 7) is 0.965. The Morgan fingerprint density at radius 2 is 2.13 bits per heavy atom. The van der Waals surface area contributed by atoms with Gasteiger partial charge in [-0.25, -0.2) is 0 Å². The molecule has 0 bridgehead atoms. The second-order valence-electron chi connectivity index (χ2n) is 4.53. The highest BCUT2D eigenvalue weighted by Gasteiger charge is 2.27. The summed E-state index contributed by atoms with van der Waals surface area (Å²) in [7, 11) is 0. The van der Waals surface area contributed by atoms with Gasteiger partial charge in [0.25, 0.3) is 0 Å². The normalized spacial score (nSPS) is 24.4. The molecule has 1 fully saturated rings. The molecule has 0 spiro atoms. The van der Waals surface area contributed by atoms with E-state index in [9.17, 15) is 5.11 Å². The van der Waals surface area contributed by atoms with Gasteiger partial charge in [0.2, 0.25) is 0 Å². The highest BCUT2D eigenvalue weighted by molar-refractivity contribution is 5.59. The number of nitrogens with one attached hydrogen (secondary N) is 2. The number of hydrogen-bond donors (Lipinski definition) is 3. The molecule has 1 atom stereocenters. The number of phenolic OH excluding ortho intramolecular Hbond substituents is 1. The third-order valence-electron chi connectivity index (χ3n) is 3.19. The Balaban J connectivity index is 1.78. The van der Waals surface area contributed by atoms with Gasteiger partial charge in [-0.05, 0) is 31.4 Å². The van der Waals surface area contributed by atoms with Crippen LogP contribution in [0.3, 0.4) is 0 Å². The van der Waals surface area contributed by atoms with Crippen LogP contribution >= 0.6 is 0 Å². The fourth-order valence-electron chi connectivity index (χ4n) is 2.21. The minimum atomic E-state index is 0.419. The molecular weight excluding hydrogens is 188 g/mol. The monoisotopic (exact) mass is 204 g/mol. The van der Waals surface area contributed by atoms with Crippen LogP contribution in [0, 0.1) is 0 Å². The first-order valence-electron chi connectivity index (χ1n) is 5.64. The topological polar surface area (TPSA) is 44.3 Å². The third-order valence-corrected chi connectivity index (χ3v) is 3.19. The van der Waals surface area contributed by atoms with Crippen molar-refractivity contribution in [3.63, 3.8) is 0 Å². The summed E-state index contributed by atoms with van der Waals surface area (Å²) in [4.78, 5) is 0. The zero-order chi connectivity index (χ0) is 10.3. The number of phenols is 1. The highest BCUT2D eigenvalue weighted by atomic mass is 16.3. The highest BCUT2D eigenvalue weighted by Crippen LogP contribution is 2.30. The summed E-state index contributed by atoms with van der Waals surface area (Å²) in [5, 5.41) is 16.7. The molecule has 0 radical (unpaired) electrons. The first-order chi connectivity index (χ1) is 7.33. The van der Waals surface area contributed by atoms with Gasteiger partial charge in [0, 0.05) is 29.9 Å². The molecule has 15 heavy (non-hydrogen) atoms. The Labute approximate surface area is 89.5 Å². The lowest BCUT2D eigenvalue weighted by molar-refractivity contribution is 0.452. The molecule has 80 valence electrons. The summed E-state index contributed by atoms with van der Waals surface area (Å²) in [5.41, 5.74) is 2.14. The third kappa shape index (κ3) is 1.79. The minimum absolute atomic E-state index is 0.419. The number of benzene rings is 1. The van der Waals surface area contributed by atoms with Crippen molar-refractivity contribution in [2.24, 2.45) is 0 Å². The Kier molecular flexibility index (Phi) is 2.06. The van der Waals surface area contributed by atoms with E-state index >= 15 is 0 Å². The van der Waals surface area contributed by atoms with Gasteiger partial charge in [-0.2, -0.15) is 0 Å². The van der Waals surface area contributed by atoms with Crippen LogP contribution in [0.5, 0.6) is 5.75 Å². The van der Waals surface area contributed by atoms with E-state index in [4.69, 9.17) is 0 Å². The van der Waals surface area contributed by atoms with Crippen molar-refractivity contribution >= 4 is 5.69 Å². The van der Waals surface area contributed by atoms with Crippen molar-refractivity contribution in [2.75, 3.05) is 11.9 Å². The van der Waals surface area contributed by atoms with Crippen molar-refractivity contribution < 1.29 is 5.11 Å². The van der Waals surface area contributed by atoms with Gasteiger partial charge < -0.3 is 15.7 Å². The van der Waals surface area contributed by atoms with Crippen LogP contribution in [-0.2, 0) is 6.42 Å². The molecule has 2 aliphatic rings. The average molecular weight is 204 g/mol. The van der Waals surface area contributed by atoms with E-state index in [-0.39, 0.29) is 0 Å². The Bertz CT molecular complexity index is 374. The van der Waals surface area contributed by atoms with E-state index in [1.165, 1.54) is 12.8 Å². The van der Waals surface area contributed by atoms with Gasteiger partial charge in [0.1, 0.15) is 5.75 Å². The van der Waals surface area contributed by atoms with E-state index < -0.39 is 0 Å². The van der Waals surface area contributed by atoms with Crippen LogP contribution in [0.1, 0.15) is 18.4 Å². The molecule has 1 aromatic rings. The lowest BCUT2D eigenvalue weighted by Crippen LogP contribution is -2.41. The first-order valence-corrected chi connectivity index (χ1v) is 5.64. The molecule has 1 heterocycles. The van der Waals surface area contributed by atoms with E-state index in [0.29, 0.717) is 11.8 Å². The minimum Gasteiger partial charge on any atom is -0.508 e. The summed E-state index contributed by atoms with van der Waals surface area (Å²) in [6, 6.07) is 6.88. The quantitative estimate of drug-likeness (QED) is 0.683. The largest absolute Gasteiger partial charge is 0.508 e. The Hall–Kier alpha value is -1.22. The maximum Gasteiger partial charge on any atom is 0.120 e. The Morgan fingerprint density at radius 3 is 2.93 bits per heavy atom. The van der Waals surface area contributed by atoms with Crippen LogP contribution < -0.4 is 10.6 Å². The molecule has 0 aromatic heterocycles. The van der Waals surface area contributed by atoms with E-state index in [1.807, 2.05) is 12.1 Å². The van der Waals surface area contributed by atoms with Gasteiger partial charge >= 0.3 is 0 Å². The van der Waals surface area contributed by atoms with Crippen molar-refractivity contribution in [3.05, 3.63) is 23.8 Å². The predicted molar refractivity (Wildman–Crippen MR) is 60.2 cm³/mol. The van der Waals surface area contributed by atoms with Gasteiger partial charge in [0.15, 0.2) is 0 Å². The molecule has 1 aliphatic carbocycles. The number of hydrogen-bond acceptors (Lipinski definition) is 3. The fraction of sp³-hybridized carbons (Fsp3) is 0.500. The van der Waals surface area contributed by atoms with Crippen LogP contribution in [0.4, 0.5) is 5.69 Å². The van der Waals surface area contributed by atoms with Crippen LogP contribution in [0.15, 0.2) is 18.2 Å². The summed E-state index contributed by atoms with van der Waals surface area (Å²) in [5.74, 6) is 0.419. The van der Waals surface area contributed by atoms with Crippen molar-refractivity contribution in [3.8, 4) is 5.75 Å². The van der Waals surface area contributed by atoms with E-state index in [0.717, 1.165) is 30.3 Å². The SMILES string of the molecule is Oc1cccc2c1CC(NC1CC1)CN2. The standard InChI is InChI=1S/C12H16N2O/c15-12-3-1-2-11-10(12)6-9(7-13-11)14-8-4-5-8/h1-3,8-9,13-15H,4-7H2. The van der Waals surface area contributed by atoms with Crippen LogP contribution in [-0.4, -0.2) is 23.7 Å².